The van der Waals surface area contributed by atoms with Crippen molar-refractivity contribution in [1.29, 1.82) is 0 Å². The number of halogens is 3. The molecule has 5 nitrogen and oxygen atoms in total. The fraction of sp³-hybridized carbons (Fsp3) is 0.308. The van der Waals surface area contributed by atoms with E-state index in [0.717, 1.165) is 16.9 Å². The lowest BCUT2D eigenvalue weighted by Gasteiger charge is -2.08. The minimum Gasteiger partial charge on any atom is -0.326 e. The van der Waals surface area contributed by atoms with Gasteiger partial charge >= 0.3 is 0 Å². The van der Waals surface area contributed by atoms with Crippen LogP contribution in [0, 0.1) is 0 Å². The van der Waals surface area contributed by atoms with Crippen LogP contribution in [-0.4, -0.2) is 30.4 Å². The highest BCUT2D eigenvalue weighted by Crippen LogP contribution is 2.28. The van der Waals surface area contributed by atoms with Gasteiger partial charge in [0.1, 0.15) is 5.82 Å². The first-order valence-electron chi connectivity index (χ1n) is 6.43. The lowest BCUT2D eigenvalue weighted by molar-refractivity contribution is 0.516. The highest BCUT2D eigenvalue weighted by atomic mass is 35.5. The van der Waals surface area contributed by atoms with Crippen LogP contribution in [0.25, 0.3) is 11.0 Å². The summed E-state index contributed by atoms with van der Waals surface area (Å²) in [6.45, 7) is 1.41. The van der Waals surface area contributed by atoms with Gasteiger partial charge in [-0.25, -0.2) is 4.98 Å². The van der Waals surface area contributed by atoms with E-state index in [1.54, 1.807) is 16.9 Å². The molecule has 2 aromatic heterocycles. The minimum atomic E-state index is 0.502. The highest BCUT2D eigenvalue weighted by molar-refractivity contribution is 6.42. The molecule has 0 aliphatic heterocycles. The summed E-state index contributed by atoms with van der Waals surface area (Å²) in [5.74, 6) is 1.42. The molecule has 3 rings (SSSR count). The zero-order valence-electron chi connectivity index (χ0n) is 11.0. The molecule has 110 valence electrons. The zero-order chi connectivity index (χ0) is 14.8. The summed E-state index contributed by atoms with van der Waals surface area (Å²) in [7, 11) is 0. The SMILES string of the molecule is ClCCc1nc2cc(Cl)c(Cl)cc2n1CCn1ccnn1. The summed E-state index contributed by atoms with van der Waals surface area (Å²) in [5.41, 5.74) is 1.77. The van der Waals surface area contributed by atoms with Crippen molar-refractivity contribution in [2.45, 2.75) is 19.5 Å². The Balaban J connectivity index is 2.00. The normalized spacial score (nSPS) is 11.4. The first-order chi connectivity index (χ1) is 10.2. The average molecular weight is 345 g/mol. The van der Waals surface area contributed by atoms with E-state index in [4.69, 9.17) is 34.8 Å². The van der Waals surface area contributed by atoms with Crippen LogP contribution < -0.4 is 0 Å². The molecular formula is C13H12Cl3N5. The second kappa shape index (κ2) is 6.22. The minimum absolute atomic E-state index is 0.502. The molecule has 1 aromatic carbocycles. The molecule has 0 fully saturated rings. The molecule has 0 atom stereocenters. The third-order valence-corrected chi connectivity index (χ3v) is 4.12. The van der Waals surface area contributed by atoms with Crippen LogP contribution in [0.5, 0.6) is 0 Å². The van der Waals surface area contributed by atoms with Gasteiger partial charge in [0.25, 0.3) is 0 Å². The van der Waals surface area contributed by atoms with Crippen LogP contribution in [0.2, 0.25) is 10.0 Å². The molecule has 0 aliphatic carbocycles. The highest BCUT2D eigenvalue weighted by Gasteiger charge is 2.13. The molecule has 0 saturated heterocycles. The van der Waals surface area contributed by atoms with Crippen LogP contribution in [0.1, 0.15) is 5.82 Å². The number of aryl methyl sites for hydroxylation is 3. The van der Waals surface area contributed by atoms with Crippen molar-refractivity contribution in [3.63, 3.8) is 0 Å². The van der Waals surface area contributed by atoms with Gasteiger partial charge < -0.3 is 4.57 Å². The van der Waals surface area contributed by atoms with E-state index in [2.05, 4.69) is 19.9 Å². The Morgan fingerprint density at radius 2 is 1.90 bits per heavy atom. The van der Waals surface area contributed by atoms with Gasteiger partial charge in [0.05, 0.1) is 33.8 Å². The summed E-state index contributed by atoms with van der Waals surface area (Å²) < 4.78 is 3.87. The Bertz CT molecular complexity index is 751. The van der Waals surface area contributed by atoms with Crippen LogP contribution in [0.4, 0.5) is 0 Å². The Labute approximate surface area is 136 Å². The summed E-state index contributed by atoms with van der Waals surface area (Å²) in [5, 5.41) is 8.78. The summed E-state index contributed by atoms with van der Waals surface area (Å²) >= 11 is 18.0. The molecule has 3 aromatic rings. The number of aromatic nitrogens is 5. The smallest absolute Gasteiger partial charge is 0.111 e. The topological polar surface area (TPSA) is 48.5 Å². The van der Waals surface area contributed by atoms with E-state index in [1.165, 1.54) is 0 Å². The summed E-state index contributed by atoms with van der Waals surface area (Å²) in [6.07, 6.45) is 4.16. The van der Waals surface area contributed by atoms with E-state index in [0.29, 0.717) is 35.4 Å². The number of benzene rings is 1. The molecule has 0 bridgehead atoms. The molecule has 0 saturated carbocycles. The van der Waals surface area contributed by atoms with Crippen LogP contribution in [0.3, 0.4) is 0 Å². The molecule has 0 radical (unpaired) electrons. The van der Waals surface area contributed by atoms with Gasteiger partial charge in [-0.05, 0) is 12.1 Å². The Morgan fingerprint density at radius 1 is 1.10 bits per heavy atom. The standard InChI is InChI=1S/C13H12Cl3N5/c14-2-1-13-18-11-7-9(15)10(16)8-12(11)21(13)6-5-20-4-3-17-19-20/h3-4,7-8H,1-2,5-6H2. The second-order valence-corrected chi connectivity index (χ2v) is 5.73. The Hall–Kier alpha value is -1.30. The van der Waals surface area contributed by atoms with Gasteiger partial charge in [-0.1, -0.05) is 28.4 Å². The maximum absolute atomic E-state index is 6.12. The quantitative estimate of drug-likeness (QED) is 0.666. The van der Waals surface area contributed by atoms with Crippen LogP contribution >= 0.6 is 34.8 Å². The van der Waals surface area contributed by atoms with Gasteiger partial charge in [0.2, 0.25) is 0 Å². The van der Waals surface area contributed by atoms with E-state index >= 15 is 0 Å². The molecule has 21 heavy (non-hydrogen) atoms. The van der Waals surface area contributed by atoms with Gasteiger partial charge in [-0.15, -0.1) is 16.7 Å². The van der Waals surface area contributed by atoms with Gasteiger partial charge in [-0.3, -0.25) is 4.68 Å². The molecule has 8 heteroatoms. The number of nitrogens with zero attached hydrogens (tertiary/aromatic N) is 5. The van der Waals surface area contributed by atoms with Crippen molar-refractivity contribution in [3.8, 4) is 0 Å². The molecule has 0 amide bonds. The predicted molar refractivity (Wildman–Crippen MR) is 84.2 cm³/mol. The largest absolute Gasteiger partial charge is 0.326 e. The third kappa shape index (κ3) is 3.00. The molecule has 2 heterocycles. The first kappa shape index (κ1) is 14.6. The molecule has 0 unspecified atom stereocenters. The summed E-state index contributed by atoms with van der Waals surface area (Å²) in [4.78, 5) is 4.59. The van der Waals surface area contributed by atoms with Crippen molar-refractivity contribution >= 4 is 45.8 Å². The number of alkyl halides is 1. The monoisotopic (exact) mass is 343 g/mol. The molecular weight excluding hydrogens is 333 g/mol. The van der Waals surface area contributed by atoms with E-state index < -0.39 is 0 Å². The summed E-state index contributed by atoms with van der Waals surface area (Å²) in [6, 6.07) is 3.62. The van der Waals surface area contributed by atoms with E-state index in [-0.39, 0.29) is 0 Å². The van der Waals surface area contributed by atoms with Crippen molar-refractivity contribution < 1.29 is 0 Å². The number of fused-ring (bicyclic) bond motifs is 1. The average Bonchev–Trinajstić information content (AvgIpc) is 3.06. The van der Waals surface area contributed by atoms with Crippen molar-refractivity contribution in [1.82, 2.24) is 24.5 Å². The van der Waals surface area contributed by atoms with Gasteiger partial charge in [-0.2, -0.15) is 0 Å². The lowest BCUT2D eigenvalue weighted by atomic mass is 10.3. The fourth-order valence-electron chi connectivity index (χ4n) is 2.25. The van der Waals surface area contributed by atoms with Crippen LogP contribution in [0.15, 0.2) is 24.5 Å². The number of hydrogen-bond donors (Lipinski definition) is 0. The fourth-order valence-corrected chi connectivity index (χ4v) is 2.73. The number of rotatable bonds is 5. The van der Waals surface area contributed by atoms with E-state index in [1.807, 2.05) is 12.3 Å². The lowest BCUT2D eigenvalue weighted by Crippen LogP contribution is -2.11. The first-order valence-corrected chi connectivity index (χ1v) is 7.72. The third-order valence-electron chi connectivity index (χ3n) is 3.21. The van der Waals surface area contributed by atoms with Crippen molar-refractivity contribution in [2.24, 2.45) is 0 Å². The second-order valence-electron chi connectivity index (χ2n) is 4.54. The van der Waals surface area contributed by atoms with Crippen molar-refractivity contribution in [2.75, 3.05) is 5.88 Å². The maximum atomic E-state index is 6.12. The van der Waals surface area contributed by atoms with Gasteiger partial charge in [0.15, 0.2) is 0 Å². The molecule has 0 N–H and O–H groups in total. The van der Waals surface area contributed by atoms with Crippen molar-refractivity contribution in [3.05, 3.63) is 40.4 Å². The predicted octanol–water partition coefficient (Wildman–Crippen LogP) is 3.42. The number of imidazole rings is 1. The molecule has 0 aliphatic rings. The Morgan fingerprint density at radius 3 is 2.62 bits per heavy atom. The number of hydrogen-bond acceptors (Lipinski definition) is 3. The van der Waals surface area contributed by atoms with Gasteiger partial charge in [0, 0.05) is 25.0 Å². The Kier molecular flexibility index (Phi) is 4.33. The van der Waals surface area contributed by atoms with E-state index in [9.17, 15) is 0 Å². The zero-order valence-corrected chi connectivity index (χ0v) is 13.3. The maximum Gasteiger partial charge on any atom is 0.111 e. The molecule has 0 spiro atoms. The van der Waals surface area contributed by atoms with Crippen LogP contribution in [-0.2, 0) is 19.5 Å².